The molecule has 0 radical (unpaired) electrons. The van der Waals surface area contributed by atoms with Gasteiger partial charge in [-0.25, -0.2) is 0 Å². The van der Waals surface area contributed by atoms with Gasteiger partial charge in [-0.05, 0) is 47.6 Å². The molecule has 0 aliphatic heterocycles. The molecular weight excluding hydrogens is 212 g/mol. The van der Waals surface area contributed by atoms with Crippen LogP contribution in [-0.4, -0.2) is 12.6 Å². The monoisotopic (exact) mass is 226 g/mol. The van der Waals surface area contributed by atoms with Crippen molar-refractivity contribution in [3.8, 4) is 0 Å². The van der Waals surface area contributed by atoms with Gasteiger partial charge in [-0.15, -0.1) is 0 Å². The Balaban J connectivity index is 2.08. The van der Waals surface area contributed by atoms with E-state index in [4.69, 9.17) is 4.74 Å². The van der Waals surface area contributed by atoms with Crippen molar-refractivity contribution in [3.05, 3.63) is 53.1 Å². The number of carbonyl (C=O) groups excluding carboxylic acids is 1. The third kappa shape index (κ3) is 1.70. The van der Waals surface area contributed by atoms with Crippen molar-refractivity contribution in [3.63, 3.8) is 0 Å². The Kier molecular flexibility index (Phi) is 2.56. The lowest BCUT2D eigenvalue weighted by molar-refractivity contribution is -0.130. The molecule has 2 heteroatoms. The van der Waals surface area contributed by atoms with Gasteiger partial charge in [-0.2, -0.15) is 0 Å². The zero-order valence-electron chi connectivity index (χ0n) is 9.56. The molecule has 0 amide bonds. The van der Waals surface area contributed by atoms with E-state index in [9.17, 15) is 4.79 Å². The van der Waals surface area contributed by atoms with E-state index < -0.39 is 0 Å². The van der Waals surface area contributed by atoms with Crippen LogP contribution in [-0.2, 0) is 16.0 Å². The highest BCUT2D eigenvalue weighted by Gasteiger charge is 2.25. The van der Waals surface area contributed by atoms with Crippen molar-refractivity contribution < 1.29 is 9.53 Å². The summed E-state index contributed by atoms with van der Waals surface area (Å²) in [4.78, 5) is 10.5. The van der Waals surface area contributed by atoms with Gasteiger partial charge in [0.25, 0.3) is 6.47 Å². The highest BCUT2D eigenvalue weighted by molar-refractivity contribution is 5.83. The van der Waals surface area contributed by atoms with Crippen LogP contribution in [0.15, 0.2) is 42.0 Å². The molecule has 0 saturated heterocycles. The molecular formula is C15H14O2. The molecule has 0 saturated carbocycles. The Hall–Kier alpha value is -1.83. The molecule has 0 heterocycles. The van der Waals surface area contributed by atoms with Crippen LogP contribution in [0, 0.1) is 0 Å². The SMILES string of the molecule is O=COC1C=CC2=C1CCCc1ccccc12. The fourth-order valence-electron chi connectivity index (χ4n) is 2.76. The Bertz CT molecular complexity index is 511. The molecule has 1 unspecified atom stereocenters. The Morgan fingerprint density at radius 3 is 3.00 bits per heavy atom. The molecule has 17 heavy (non-hydrogen) atoms. The minimum Gasteiger partial charge on any atom is -0.456 e. The third-order valence-electron chi connectivity index (χ3n) is 3.53. The molecule has 2 nitrogen and oxygen atoms in total. The number of hydrogen-bond acceptors (Lipinski definition) is 2. The van der Waals surface area contributed by atoms with Crippen molar-refractivity contribution in [1.29, 1.82) is 0 Å². The first-order chi connectivity index (χ1) is 8.40. The van der Waals surface area contributed by atoms with E-state index >= 15 is 0 Å². The lowest BCUT2D eigenvalue weighted by Crippen LogP contribution is -2.10. The quantitative estimate of drug-likeness (QED) is 0.725. The number of aryl methyl sites for hydroxylation is 1. The summed E-state index contributed by atoms with van der Waals surface area (Å²) in [5.41, 5.74) is 5.20. The zero-order chi connectivity index (χ0) is 11.7. The molecule has 2 aliphatic rings. The Morgan fingerprint density at radius 2 is 2.12 bits per heavy atom. The van der Waals surface area contributed by atoms with E-state index in [1.807, 2.05) is 6.08 Å². The second-order valence-corrected chi connectivity index (χ2v) is 4.46. The van der Waals surface area contributed by atoms with Crippen LogP contribution < -0.4 is 0 Å². The van der Waals surface area contributed by atoms with E-state index in [1.54, 1.807) is 0 Å². The second-order valence-electron chi connectivity index (χ2n) is 4.46. The highest BCUT2D eigenvalue weighted by atomic mass is 16.5. The van der Waals surface area contributed by atoms with Crippen molar-refractivity contribution in [1.82, 2.24) is 0 Å². The van der Waals surface area contributed by atoms with Crippen molar-refractivity contribution >= 4 is 12.0 Å². The molecule has 0 N–H and O–H groups in total. The van der Waals surface area contributed by atoms with Crippen molar-refractivity contribution in [2.45, 2.75) is 25.4 Å². The normalized spacial score (nSPS) is 21.8. The average Bonchev–Trinajstić information content (AvgIpc) is 2.65. The number of carbonyl (C=O) groups is 1. The summed E-state index contributed by atoms with van der Waals surface area (Å²) >= 11 is 0. The summed E-state index contributed by atoms with van der Waals surface area (Å²) in [5.74, 6) is 0. The van der Waals surface area contributed by atoms with Crippen LogP contribution >= 0.6 is 0 Å². The predicted octanol–water partition coefficient (Wildman–Crippen LogP) is 2.89. The first-order valence-electron chi connectivity index (χ1n) is 5.99. The highest BCUT2D eigenvalue weighted by Crippen LogP contribution is 2.37. The topological polar surface area (TPSA) is 26.3 Å². The van der Waals surface area contributed by atoms with E-state index in [0.717, 1.165) is 19.3 Å². The Labute approximate surface area is 101 Å². The largest absolute Gasteiger partial charge is 0.456 e. The maximum absolute atomic E-state index is 10.5. The molecule has 0 aromatic heterocycles. The summed E-state index contributed by atoms with van der Waals surface area (Å²) in [6, 6.07) is 8.50. The van der Waals surface area contributed by atoms with Gasteiger partial charge in [0.05, 0.1) is 0 Å². The zero-order valence-corrected chi connectivity index (χ0v) is 9.56. The second kappa shape index (κ2) is 4.21. The maximum atomic E-state index is 10.5. The summed E-state index contributed by atoms with van der Waals surface area (Å²) < 4.78 is 5.12. The fraction of sp³-hybridized carbons (Fsp3) is 0.267. The average molecular weight is 226 g/mol. The van der Waals surface area contributed by atoms with E-state index in [1.165, 1.54) is 22.3 Å². The van der Waals surface area contributed by atoms with Gasteiger partial charge >= 0.3 is 0 Å². The molecule has 1 aromatic carbocycles. The van der Waals surface area contributed by atoms with Crippen LogP contribution in [0.25, 0.3) is 5.57 Å². The van der Waals surface area contributed by atoms with Crippen molar-refractivity contribution in [2.24, 2.45) is 0 Å². The summed E-state index contributed by atoms with van der Waals surface area (Å²) in [5, 5.41) is 0. The summed E-state index contributed by atoms with van der Waals surface area (Å²) in [6.07, 6.45) is 7.15. The standard InChI is InChI=1S/C15H14O2/c16-10-17-15-9-8-13-12-6-2-1-4-11(12)5-3-7-14(13)15/h1-2,4,6,8-10,15H,3,5,7H2. The third-order valence-corrected chi connectivity index (χ3v) is 3.53. The van der Waals surface area contributed by atoms with Gasteiger partial charge in [-0.3, -0.25) is 4.79 Å². The molecule has 3 rings (SSSR count). The van der Waals surface area contributed by atoms with E-state index in [2.05, 4.69) is 30.3 Å². The number of rotatable bonds is 2. The van der Waals surface area contributed by atoms with Gasteiger partial charge in [-0.1, -0.05) is 30.3 Å². The minimum atomic E-state index is -0.145. The van der Waals surface area contributed by atoms with Gasteiger partial charge in [0.1, 0.15) is 6.10 Å². The maximum Gasteiger partial charge on any atom is 0.294 e. The Morgan fingerprint density at radius 1 is 1.24 bits per heavy atom. The fourth-order valence-corrected chi connectivity index (χ4v) is 2.76. The molecule has 2 aliphatic carbocycles. The van der Waals surface area contributed by atoms with Gasteiger partial charge in [0, 0.05) is 0 Å². The molecule has 86 valence electrons. The van der Waals surface area contributed by atoms with Crippen LogP contribution in [0.5, 0.6) is 0 Å². The lowest BCUT2D eigenvalue weighted by Gasteiger charge is -2.12. The molecule has 1 aromatic rings. The molecule has 0 bridgehead atoms. The van der Waals surface area contributed by atoms with Crippen molar-refractivity contribution in [2.75, 3.05) is 0 Å². The lowest BCUT2D eigenvalue weighted by atomic mass is 9.98. The van der Waals surface area contributed by atoms with Crippen LogP contribution in [0.2, 0.25) is 0 Å². The number of benzene rings is 1. The first kappa shape index (κ1) is 10.3. The van der Waals surface area contributed by atoms with E-state index in [-0.39, 0.29) is 6.10 Å². The number of allylic oxidation sites excluding steroid dienone is 2. The van der Waals surface area contributed by atoms with Crippen LogP contribution in [0.1, 0.15) is 24.0 Å². The predicted molar refractivity (Wildman–Crippen MR) is 66.4 cm³/mol. The summed E-state index contributed by atoms with van der Waals surface area (Å²) in [6.45, 7) is 0.543. The number of fused-ring (bicyclic) bond motifs is 2. The van der Waals surface area contributed by atoms with E-state index in [0.29, 0.717) is 6.47 Å². The molecule has 0 fully saturated rings. The van der Waals surface area contributed by atoms with Gasteiger partial charge in [0.2, 0.25) is 0 Å². The van der Waals surface area contributed by atoms with Gasteiger partial charge < -0.3 is 4.74 Å². The number of ether oxygens (including phenoxy) is 1. The molecule has 1 atom stereocenters. The van der Waals surface area contributed by atoms with Gasteiger partial charge in [0.15, 0.2) is 0 Å². The smallest absolute Gasteiger partial charge is 0.294 e. The number of hydrogen-bond donors (Lipinski definition) is 0. The van der Waals surface area contributed by atoms with Crippen LogP contribution in [0.3, 0.4) is 0 Å². The summed E-state index contributed by atoms with van der Waals surface area (Å²) in [7, 11) is 0. The van der Waals surface area contributed by atoms with Crippen LogP contribution in [0.4, 0.5) is 0 Å². The first-order valence-corrected chi connectivity index (χ1v) is 5.99. The molecule has 0 spiro atoms. The minimum absolute atomic E-state index is 0.145.